The molecule has 3 N–H and O–H groups in total. The van der Waals surface area contributed by atoms with Crippen molar-refractivity contribution in [2.45, 2.75) is 30.3 Å². The monoisotopic (exact) mass is 429 g/mol. The number of carbonyl (C=O) groups is 3. The van der Waals surface area contributed by atoms with Gasteiger partial charge in [-0.05, 0) is 25.0 Å². The van der Waals surface area contributed by atoms with Crippen LogP contribution in [0.5, 0.6) is 0 Å². The van der Waals surface area contributed by atoms with E-state index < -0.39 is 44.2 Å². The summed E-state index contributed by atoms with van der Waals surface area (Å²) in [5, 5.41) is 1.43. The fraction of sp³-hybridized carbons (Fsp3) is 0.438. The van der Waals surface area contributed by atoms with Gasteiger partial charge in [0.05, 0.1) is 19.0 Å². The number of hydrogen-bond acceptors (Lipinski definition) is 7. The molecule has 2 amide bonds. The zero-order chi connectivity index (χ0) is 20.7. The van der Waals surface area contributed by atoms with Crippen LogP contribution in [0.2, 0.25) is 0 Å². The molecule has 0 bridgehead atoms. The Labute approximate surface area is 166 Å². The van der Waals surface area contributed by atoms with E-state index in [1.54, 1.807) is 12.1 Å². The van der Waals surface area contributed by atoms with Gasteiger partial charge in [0.25, 0.3) is 10.0 Å². The first kappa shape index (κ1) is 22.3. The van der Waals surface area contributed by atoms with Gasteiger partial charge in [-0.3, -0.25) is 9.59 Å². The topological polar surface area (TPSA) is 163 Å². The lowest BCUT2D eigenvalue weighted by molar-refractivity contribution is -0.126. The van der Waals surface area contributed by atoms with E-state index in [1.807, 2.05) is 0 Å². The highest BCUT2D eigenvalue weighted by Crippen LogP contribution is 2.17. The second kappa shape index (κ2) is 9.96. The largest absolute Gasteiger partial charge is 0.608 e. The summed E-state index contributed by atoms with van der Waals surface area (Å²) in [6.07, 6.45) is 3.27. The number of hydrogen-bond donors (Lipinski definition) is 2. The Morgan fingerprint density at radius 3 is 2.82 bits per heavy atom. The SMILES string of the molecule is NC(=O)[S+]([O-])CC[CH]C(=O)N[C@H]1CCCN(S(=O)(=O)c2ccccn2)CC1=O. The number of nitrogens with one attached hydrogen (secondary N) is 1. The van der Waals surface area contributed by atoms with Gasteiger partial charge in [0, 0.05) is 30.3 Å². The number of pyridine rings is 1. The fourth-order valence-electron chi connectivity index (χ4n) is 2.61. The number of aromatic nitrogens is 1. The van der Waals surface area contributed by atoms with Crippen molar-refractivity contribution in [3.63, 3.8) is 0 Å². The van der Waals surface area contributed by atoms with Crippen molar-refractivity contribution in [1.82, 2.24) is 14.6 Å². The number of rotatable bonds is 7. The molecule has 1 saturated heterocycles. The van der Waals surface area contributed by atoms with Crippen LogP contribution in [0.25, 0.3) is 0 Å². The average Bonchev–Trinajstić information content (AvgIpc) is 2.84. The lowest BCUT2D eigenvalue weighted by Crippen LogP contribution is -2.44. The molecule has 0 aromatic carbocycles. The van der Waals surface area contributed by atoms with Crippen LogP contribution in [0.4, 0.5) is 4.79 Å². The summed E-state index contributed by atoms with van der Waals surface area (Å²) in [5.41, 5.74) is 4.87. The molecule has 2 rings (SSSR count). The van der Waals surface area contributed by atoms with Gasteiger partial charge < -0.3 is 15.6 Å². The highest BCUT2D eigenvalue weighted by atomic mass is 32.2. The van der Waals surface area contributed by atoms with Gasteiger partial charge in [0.1, 0.15) is 5.75 Å². The molecule has 0 aliphatic carbocycles. The van der Waals surface area contributed by atoms with E-state index in [2.05, 4.69) is 10.3 Å². The Hall–Kier alpha value is -2.02. The lowest BCUT2D eigenvalue weighted by Gasteiger charge is -2.19. The summed E-state index contributed by atoms with van der Waals surface area (Å²) >= 11 is -1.86. The summed E-state index contributed by atoms with van der Waals surface area (Å²) < 4.78 is 37.5. The van der Waals surface area contributed by atoms with E-state index in [-0.39, 0.29) is 30.3 Å². The second-order valence-corrected chi connectivity index (χ2v) is 9.42. The van der Waals surface area contributed by atoms with Crippen LogP contribution >= 0.6 is 0 Å². The van der Waals surface area contributed by atoms with Gasteiger partial charge >= 0.3 is 5.24 Å². The third-order valence-corrected chi connectivity index (χ3v) is 6.85. The first-order valence-corrected chi connectivity index (χ1v) is 11.2. The van der Waals surface area contributed by atoms with E-state index in [9.17, 15) is 27.4 Å². The minimum atomic E-state index is -3.90. The standard InChI is InChI=1S/C16H21N4O6S2/c17-16(23)27(24)10-4-6-14(22)19-12-5-3-9-20(11-13(12)21)28(25,26)15-7-1-2-8-18-15/h1-2,6-8,12H,3-5,9-11H2,(H2,17,23)(H,19,22)/t12-,27?/m0/s1. The molecule has 1 aliphatic heterocycles. The molecule has 0 saturated carbocycles. The summed E-state index contributed by atoms with van der Waals surface area (Å²) in [5.74, 6) is -1.07. The van der Waals surface area contributed by atoms with Crippen molar-refractivity contribution in [1.29, 1.82) is 0 Å². The number of ketones is 1. The Morgan fingerprint density at radius 2 is 2.18 bits per heavy atom. The van der Waals surface area contributed by atoms with Crippen LogP contribution in [0.3, 0.4) is 0 Å². The Balaban J connectivity index is 1.92. The fourth-order valence-corrected chi connectivity index (χ4v) is 4.52. The zero-order valence-corrected chi connectivity index (χ0v) is 16.6. The molecule has 1 unspecified atom stereocenters. The third kappa shape index (κ3) is 5.99. The minimum Gasteiger partial charge on any atom is -0.608 e. The van der Waals surface area contributed by atoms with Gasteiger partial charge in [-0.25, -0.2) is 18.2 Å². The molecule has 1 aromatic heterocycles. The maximum atomic E-state index is 12.6. The summed E-state index contributed by atoms with van der Waals surface area (Å²) in [4.78, 5) is 38.9. The zero-order valence-electron chi connectivity index (χ0n) is 14.9. The van der Waals surface area contributed by atoms with Crippen LogP contribution in [0, 0.1) is 6.42 Å². The van der Waals surface area contributed by atoms with Crippen molar-refractivity contribution in [3.05, 3.63) is 30.8 Å². The predicted octanol–water partition coefficient (Wildman–Crippen LogP) is -0.658. The van der Waals surface area contributed by atoms with Crippen molar-refractivity contribution >= 4 is 38.1 Å². The van der Waals surface area contributed by atoms with Gasteiger partial charge in [0.2, 0.25) is 5.91 Å². The maximum Gasteiger partial charge on any atom is 0.424 e. The van der Waals surface area contributed by atoms with Crippen molar-refractivity contribution in [3.8, 4) is 0 Å². The van der Waals surface area contributed by atoms with E-state index in [4.69, 9.17) is 5.73 Å². The Kier molecular flexibility index (Phi) is 7.92. The first-order chi connectivity index (χ1) is 13.2. The minimum absolute atomic E-state index is 0.0580. The molecule has 1 aliphatic rings. The number of sulfonamides is 1. The van der Waals surface area contributed by atoms with Crippen molar-refractivity contribution < 1.29 is 27.4 Å². The first-order valence-electron chi connectivity index (χ1n) is 8.47. The van der Waals surface area contributed by atoms with E-state index in [0.717, 1.165) is 4.31 Å². The van der Waals surface area contributed by atoms with Crippen LogP contribution in [0.1, 0.15) is 19.3 Å². The molecule has 0 spiro atoms. The number of amides is 2. The van der Waals surface area contributed by atoms with E-state index in [1.165, 1.54) is 18.7 Å². The number of carbonyl (C=O) groups excluding carboxylic acids is 3. The van der Waals surface area contributed by atoms with Crippen LogP contribution in [-0.4, -0.2) is 64.1 Å². The Bertz CT molecular complexity index is 818. The number of primary amides is 1. The normalized spacial score (nSPS) is 19.6. The summed E-state index contributed by atoms with van der Waals surface area (Å²) in [6, 6.07) is 3.67. The van der Waals surface area contributed by atoms with E-state index in [0.29, 0.717) is 12.8 Å². The van der Waals surface area contributed by atoms with Crippen molar-refractivity contribution in [2.75, 3.05) is 18.8 Å². The lowest BCUT2D eigenvalue weighted by atomic mass is 10.1. The van der Waals surface area contributed by atoms with Crippen LogP contribution < -0.4 is 11.1 Å². The molecule has 28 heavy (non-hydrogen) atoms. The number of nitrogens with two attached hydrogens (primary N) is 1. The van der Waals surface area contributed by atoms with Gasteiger partial charge in [-0.2, -0.15) is 4.31 Å². The molecule has 10 nitrogen and oxygen atoms in total. The van der Waals surface area contributed by atoms with Gasteiger partial charge in [-0.15, -0.1) is 0 Å². The molecule has 1 aromatic rings. The Morgan fingerprint density at radius 1 is 1.43 bits per heavy atom. The molecule has 1 fully saturated rings. The quantitative estimate of drug-likeness (QED) is 0.543. The molecule has 12 heteroatoms. The van der Waals surface area contributed by atoms with Crippen molar-refractivity contribution in [2.24, 2.45) is 5.73 Å². The number of Topliss-reactive ketones (excluding diaryl/α,β-unsaturated/α-hetero) is 1. The molecular formula is C16H21N4O6S2. The highest BCUT2D eigenvalue weighted by Gasteiger charge is 2.33. The summed E-state index contributed by atoms with van der Waals surface area (Å²) in [6.45, 7) is -0.228. The molecule has 2 atom stereocenters. The average molecular weight is 430 g/mol. The second-order valence-electron chi connectivity index (χ2n) is 6.04. The molecular weight excluding hydrogens is 408 g/mol. The predicted molar refractivity (Wildman–Crippen MR) is 101 cm³/mol. The smallest absolute Gasteiger partial charge is 0.424 e. The molecule has 1 radical (unpaired) electrons. The van der Waals surface area contributed by atoms with Crippen LogP contribution in [0.15, 0.2) is 29.4 Å². The maximum absolute atomic E-state index is 12.6. The van der Waals surface area contributed by atoms with Gasteiger partial charge in [-0.1, -0.05) is 6.07 Å². The van der Waals surface area contributed by atoms with Crippen LogP contribution in [-0.2, 0) is 30.8 Å². The third-order valence-electron chi connectivity index (χ3n) is 4.04. The van der Waals surface area contributed by atoms with Gasteiger partial charge in [0.15, 0.2) is 10.8 Å². The summed E-state index contributed by atoms with van der Waals surface area (Å²) in [7, 11) is -3.90. The van der Waals surface area contributed by atoms with E-state index >= 15 is 0 Å². The highest BCUT2D eigenvalue weighted by molar-refractivity contribution is 8.05. The molecule has 153 valence electrons. The molecule has 2 heterocycles. The number of nitrogens with zero attached hydrogens (tertiary/aromatic N) is 2.